The number of nitrogens with zero attached hydrogens (tertiary/aromatic N) is 1. The molecule has 1 aliphatic rings. The lowest BCUT2D eigenvalue weighted by atomic mass is 10.1. The van der Waals surface area contributed by atoms with Gasteiger partial charge in [-0.3, -0.25) is 4.90 Å². The van der Waals surface area contributed by atoms with Gasteiger partial charge in [-0.05, 0) is 23.8 Å². The van der Waals surface area contributed by atoms with Crippen LogP contribution in [0.2, 0.25) is 0 Å². The van der Waals surface area contributed by atoms with E-state index < -0.39 is 0 Å². The first-order valence-electron chi connectivity index (χ1n) is 7.99. The van der Waals surface area contributed by atoms with Crippen LogP contribution in [0.25, 0.3) is 10.8 Å². The molecule has 2 aromatic carbocycles. The Labute approximate surface area is 131 Å². The van der Waals surface area contributed by atoms with Gasteiger partial charge in [-0.25, -0.2) is 4.79 Å². The fraction of sp³-hybridized carbons (Fsp3) is 0.389. The summed E-state index contributed by atoms with van der Waals surface area (Å²) >= 11 is 0. The summed E-state index contributed by atoms with van der Waals surface area (Å²) in [5.41, 5.74) is 1.36. The second-order valence-electron chi connectivity index (χ2n) is 5.79. The largest absolute Gasteiger partial charge is 0.450 e. The van der Waals surface area contributed by atoms with Crippen molar-refractivity contribution in [1.29, 1.82) is 0 Å². The molecular formula is C18H23N2O2+. The summed E-state index contributed by atoms with van der Waals surface area (Å²) in [6, 6.07) is 15.1. The van der Waals surface area contributed by atoms with Gasteiger partial charge in [-0.2, -0.15) is 0 Å². The molecule has 4 heteroatoms. The number of quaternary nitrogens is 1. The second kappa shape index (κ2) is 6.79. The van der Waals surface area contributed by atoms with E-state index >= 15 is 0 Å². The monoisotopic (exact) mass is 299 g/mol. The van der Waals surface area contributed by atoms with E-state index in [9.17, 15) is 4.79 Å². The second-order valence-corrected chi connectivity index (χ2v) is 5.79. The van der Waals surface area contributed by atoms with Crippen molar-refractivity contribution in [3.63, 3.8) is 0 Å². The maximum Gasteiger partial charge on any atom is 0.410 e. The SMILES string of the molecule is CCOC(=O)N1CC[NH+](Cc2ccc3ccccc3c2)CC1. The number of hydrogen-bond acceptors (Lipinski definition) is 2. The number of carbonyl (C=O) groups is 1. The minimum atomic E-state index is -0.174. The van der Waals surface area contributed by atoms with Crippen LogP contribution in [0.3, 0.4) is 0 Å². The molecule has 0 bridgehead atoms. The first-order chi connectivity index (χ1) is 10.8. The lowest BCUT2D eigenvalue weighted by molar-refractivity contribution is -0.917. The van der Waals surface area contributed by atoms with Crippen LogP contribution < -0.4 is 4.90 Å². The number of piperazine rings is 1. The number of fused-ring (bicyclic) bond motifs is 1. The molecule has 3 rings (SSSR count). The first kappa shape index (κ1) is 14.9. The normalized spacial score (nSPS) is 16.0. The molecule has 1 heterocycles. The highest BCUT2D eigenvalue weighted by molar-refractivity contribution is 5.82. The van der Waals surface area contributed by atoms with Crippen molar-refractivity contribution < 1.29 is 14.4 Å². The molecule has 2 aromatic rings. The highest BCUT2D eigenvalue weighted by atomic mass is 16.6. The van der Waals surface area contributed by atoms with E-state index in [1.54, 1.807) is 0 Å². The lowest BCUT2D eigenvalue weighted by Crippen LogP contribution is -3.13. The predicted octanol–water partition coefficient (Wildman–Crippen LogP) is 1.70. The third-order valence-corrected chi connectivity index (χ3v) is 4.26. The van der Waals surface area contributed by atoms with Gasteiger partial charge >= 0.3 is 6.09 Å². The van der Waals surface area contributed by atoms with E-state index in [4.69, 9.17) is 4.74 Å². The van der Waals surface area contributed by atoms with Crippen molar-refractivity contribution in [2.45, 2.75) is 13.5 Å². The summed E-state index contributed by atoms with van der Waals surface area (Å²) in [4.78, 5) is 15.0. The molecule has 116 valence electrons. The number of amides is 1. The maximum absolute atomic E-state index is 11.7. The van der Waals surface area contributed by atoms with Gasteiger partial charge in [0.25, 0.3) is 0 Å². The molecule has 1 amide bonds. The Morgan fingerprint density at radius 1 is 1.14 bits per heavy atom. The van der Waals surface area contributed by atoms with E-state index in [0.717, 1.165) is 32.7 Å². The number of ether oxygens (including phenoxy) is 1. The van der Waals surface area contributed by atoms with Crippen LogP contribution in [-0.4, -0.2) is 43.8 Å². The predicted molar refractivity (Wildman–Crippen MR) is 86.9 cm³/mol. The Bertz CT molecular complexity index is 648. The molecule has 0 saturated carbocycles. The summed E-state index contributed by atoms with van der Waals surface area (Å²) in [6.45, 7) is 6.82. The van der Waals surface area contributed by atoms with Crippen molar-refractivity contribution in [1.82, 2.24) is 4.90 Å². The summed E-state index contributed by atoms with van der Waals surface area (Å²) in [6.07, 6.45) is -0.174. The standard InChI is InChI=1S/C18H22N2O2/c1-2-22-18(21)20-11-9-19(10-12-20)14-15-7-8-16-5-3-4-6-17(16)13-15/h3-8,13H,2,9-12,14H2,1H3/p+1. The van der Waals surface area contributed by atoms with Crippen LogP contribution in [0.1, 0.15) is 12.5 Å². The molecule has 1 aliphatic heterocycles. The van der Waals surface area contributed by atoms with E-state index in [2.05, 4.69) is 42.5 Å². The number of hydrogen-bond donors (Lipinski definition) is 1. The van der Waals surface area contributed by atoms with Gasteiger partial charge in [0.15, 0.2) is 0 Å². The van der Waals surface area contributed by atoms with Crippen molar-refractivity contribution >= 4 is 16.9 Å². The van der Waals surface area contributed by atoms with E-state index in [1.807, 2.05) is 11.8 Å². The highest BCUT2D eigenvalue weighted by Crippen LogP contribution is 2.15. The smallest absolute Gasteiger partial charge is 0.410 e. The van der Waals surface area contributed by atoms with Gasteiger partial charge in [0.2, 0.25) is 0 Å². The first-order valence-corrected chi connectivity index (χ1v) is 7.99. The lowest BCUT2D eigenvalue weighted by Gasteiger charge is -2.31. The average Bonchev–Trinajstić information content (AvgIpc) is 2.56. The van der Waals surface area contributed by atoms with E-state index in [-0.39, 0.29) is 6.09 Å². The van der Waals surface area contributed by atoms with Crippen LogP contribution in [0.5, 0.6) is 0 Å². The number of nitrogens with one attached hydrogen (secondary N) is 1. The van der Waals surface area contributed by atoms with Crippen LogP contribution in [-0.2, 0) is 11.3 Å². The van der Waals surface area contributed by atoms with Crippen molar-refractivity contribution in [2.24, 2.45) is 0 Å². The fourth-order valence-electron chi connectivity index (χ4n) is 3.03. The van der Waals surface area contributed by atoms with Gasteiger partial charge in [-0.15, -0.1) is 0 Å². The molecule has 0 atom stereocenters. The molecule has 0 radical (unpaired) electrons. The molecule has 1 saturated heterocycles. The number of rotatable bonds is 3. The molecule has 0 spiro atoms. The zero-order chi connectivity index (χ0) is 15.4. The highest BCUT2D eigenvalue weighted by Gasteiger charge is 2.24. The molecule has 4 nitrogen and oxygen atoms in total. The Balaban J connectivity index is 1.58. The molecule has 1 fully saturated rings. The van der Waals surface area contributed by atoms with Crippen LogP contribution in [0.4, 0.5) is 4.79 Å². The molecule has 0 aromatic heterocycles. The Hall–Kier alpha value is -2.07. The topological polar surface area (TPSA) is 34.0 Å². The molecule has 0 aliphatic carbocycles. The Morgan fingerprint density at radius 2 is 1.86 bits per heavy atom. The van der Waals surface area contributed by atoms with Gasteiger partial charge < -0.3 is 9.64 Å². The third kappa shape index (κ3) is 3.39. The van der Waals surface area contributed by atoms with Crippen LogP contribution >= 0.6 is 0 Å². The minimum Gasteiger partial charge on any atom is -0.450 e. The van der Waals surface area contributed by atoms with Gasteiger partial charge in [-0.1, -0.05) is 36.4 Å². The quantitative estimate of drug-likeness (QED) is 0.936. The maximum atomic E-state index is 11.7. The average molecular weight is 299 g/mol. The number of carbonyl (C=O) groups excluding carboxylic acids is 1. The summed E-state index contributed by atoms with van der Waals surface area (Å²) < 4.78 is 5.06. The fourth-order valence-corrected chi connectivity index (χ4v) is 3.03. The van der Waals surface area contributed by atoms with Gasteiger partial charge in [0.1, 0.15) is 6.54 Å². The summed E-state index contributed by atoms with van der Waals surface area (Å²) in [5.74, 6) is 0. The molecule has 0 unspecified atom stereocenters. The van der Waals surface area contributed by atoms with Crippen LogP contribution in [0.15, 0.2) is 42.5 Å². The molecule has 22 heavy (non-hydrogen) atoms. The summed E-state index contributed by atoms with van der Waals surface area (Å²) in [5, 5.41) is 2.58. The Morgan fingerprint density at radius 3 is 2.59 bits per heavy atom. The zero-order valence-corrected chi connectivity index (χ0v) is 13.0. The molecular weight excluding hydrogens is 276 g/mol. The van der Waals surface area contributed by atoms with Crippen molar-refractivity contribution in [2.75, 3.05) is 32.8 Å². The number of benzene rings is 2. The van der Waals surface area contributed by atoms with E-state index in [0.29, 0.717) is 6.61 Å². The van der Waals surface area contributed by atoms with Crippen molar-refractivity contribution in [3.8, 4) is 0 Å². The van der Waals surface area contributed by atoms with Crippen molar-refractivity contribution in [3.05, 3.63) is 48.0 Å². The van der Waals surface area contributed by atoms with Gasteiger partial charge in [0, 0.05) is 5.56 Å². The minimum absolute atomic E-state index is 0.174. The zero-order valence-electron chi connectivity index (χ0n) is 13.0. The molecule has 1 N–H and O–H groups in total. The van der Waals surface area contributed by atoms with E-state index in [1.165, 1.54) is 21.2 Å². The Kier molecular flexibility index (Phi) is 4.59. The van der Waals surface area contributed by atoms with Gasteiger partial charge in [0.05, 0.1) is 32.8 Å². The summed E-state index contributed by atoms with van der Waals surface area (Å²) in [7, 11) is 0. The third-order valence-electron chi connectivity index (χ3n) is 4.26. The van der Waals surface area contributed by atoms with Crippen LogP contribution in [0, 0.1) is 0 Å².